The van der Waals surface area contributed by atoms with Gasteiger partial charge in [0, 0.05) is 0 Å². The highest BCUT2D eigenvalue weighted by Gasteiger charge is 2.36. The van der Waals surface area contributed by atoms with E-state index < -0.39 is 34.8 Å². The van der Waals surface area contributed by atoms with Crippen LogP contribution >= 0.6 is 0 Å². The largest absolute Gasteiger partial charge is 0.507 e. The first-order chi connectivity index (χ1) is 9.79. The fourth-order valence-electron chi connectivity index (χ4n) is 1.66. The summed E-state index contributed by atoms with van der Waals surface area (Å²) in [6, 6.07) is 8.59. The number of carboxylic acids is 1. The maximum atomic E-state index is 12.9. The summed E-state index contributed by atoms with van der Waals surface area (Å²) in [5.74, 6) is -3.11. The average Bonchev–Trinajstić information content (AvgIpc) is 2.40. The fraction of sp³-hybridized carbons (Fsp3) is 0.0714. The zero-order chi connectivity index (χ0) is 15.6. The SMILES string of the molecule is O=C(O)c1cc(Oc2ccccc2)c(C(F)(F)F)cc1O. The predicted molar refractivity (Wildman–Crippen MR) is 66.6 cm³/mol. The van der Waals surface area contributed by atoms with Crippen LogP contribution in [0.3, 0.4) is 0 Å². The monoisotopic (exact) mass is 298 g/mol. The highest BCUT2D eigenvalue weighted by atomic mass is 19.4. The summed E-state index contributed by atoms with van der Waals surface area (Å²) in [4.78, 5) is 10.9. The maximum Gasteiger partial charge on any atom is 0.420 e. The Morgan fingerprint density at radius 3 is 2.24 bits per heavy atom. The van der Waals surface area contributed by atoms with Crippen molar-refractivity contribution in [2.75, 3.05) is 0 Å². The maximum absolute atomic E-state index is 12.9. The van der Waals surface area contributed by atoms with E-state index in [4.69, 9.17) is 9.84 Å². The number of alkyl halides is 3. The molecule has 2 aromatic rings. The van der Waals surface area contributed by atoms with E-state index in [2.05, 4.69) is 0 Å². The lowest BCUT2D eigenvalue weighted by atomic mass is 10.1. The molecule has 0 aliphatic heterocycles. The van der Waals surface area contributed by atoms with Crippen LogP contribution < -0.4 is 4.74 Å². The first-order valence-corrected chi connectivity index (χ1v) is 5.69. The van der Waals surface area contributed by atoms with Gasteiger partial charge in [0.05, 0.1) is 0 Å². The van der Waals surface area contributed by atoms with E-state index in [9.17, 15) is 23.1 Å². The Balaban J connectivity index is 2.55. The second-order valence-corrected chi connectivity index (χ2v) is 4.08. The van der Waals surface area contributed by atoms with Crippen LogP contribution in [0.1, 0.15) is 15.9 Å². The minimum Gasteiger partial charge on any atom is -0.507 e. The van der Waals surface area contributed by atoms with E-state index in [1.807, 2.05) is 0 Å². The lowest BCUT2D eigenvalue weighted by molar-refractivity contribution is -0.138. The smallest absolute Gasteiger partial charge is 0.420 e. The van der Waals surface area contributed by atoms with Gasteiger partial charge in [-0.1, -0.05) is 18.2 Å². The lowest BCUT2D eigenvalue weighted by Gasteiger charge is -2.15. The molecule has 0 aliphatic carbocycles. The third-order valence-corrected chi connectivity index (χ3v) is 2.60. The number of benzene rings is 2. The molecule has 0 saturated carbocycles. The molecule has 0 heterocycles. The molecule has 0 fully saturated rings. The van der Waals surface area contributed by atoms with Crippen LogP contribution in [0, 0.1) is 0 Å². The summed E-state index contributed by atoms with van der Waals surface area (Å²) in [5, 5.41) is 18.2. The molecule has 0 aromatic heterocycles. The van der Waals surface area contributed by atoms with Gasteiger partial charge < -0.3 is 14.9 Å². The van der Waals surface area contributed by atoms with Crippen molar-refractivity contribution in [3.8, 4) is 17.2 Å². The number of aromatic carboxylic acids is 1. The second-order valence-electron chi connectivity index (χ2n) is 4.08. The molecule has 0 unspecified atom stereocenters. The van der Waals surface area contributed by atoms with Crippen molar-refractivity contribution in [3.63, 3.8) is 0 Å². The number of ether oxygens (including phenoxy) is 1. The number of carboxylic acid groups (broad SMARTS) is 1. The Labute approximate surface area is 117 Å². The number of aromatic hydroxyl groups is 1. The number of hydrogen-bond donors (Lipinski definition) is 2. The molecule has 2 aromatic carbocycles. The summed E-state index contributed by atoms with van der Waals surface area (Å²) in [6.45, 7) is 0. The van der Waals surface area contributed by atoms with Crippen LogP contribution in [-0.4, -0.2) is 16.2 Å². The molecule has 4 nitrogen and oxygen atoms in total. The van der Waals surface area contributed by atoms with E-state index in [0.29, 0.717) is 12.1 Å². The standard InChI is InChI=1S/C14H9F3O4/c15-14(16,17)10-7-11(18)9(13(19)20)6-12(10)21-8-4-2-1-3-5-8/h1-7,18H,(H,19,20). The molecule has 0 amide bonds. The van der Waals surface area contributed by atoms with Gasteiger partial charge in [0.1, 0.15) is 28.4 Å². The lowest BCUT2D eigenvalue weighted by Crippen LogP contribution is -2.09. The first kappa shape index (κ1) is 14.7. The van der Waals surface area contributed by atoms with Crippen LogP contribution in [0.2, 0.25) is 0 Å². The van der Waals surface area contributed by atoms with Gasteiger partial charge in [-0.15, -0.1) is 0 Å². The highest BCUT2D eigenvalue weighted by molar-refractivity contribution is 5.91. The molecule has 0 aliphatic rings. The van der Waals surface area contributed by atoms with Crippen molar-refractivity contribution in [2.24, 2.45) is 0 Å². The summed E-state index contributed by atoms with van der Waals surface area (Å²) in [7, 11) is 0. The van der Waals surface area contributed by atoms with Gasteiger partial charge in [0.15, 0.2) is 0 Å². The van der Waals surface area contributed by atoms with Crippen LogP contribution in [0.25, 0.3) is 0 Å². The van der Waals surface area contributed by atoms with Crippen molar-refractivity contribution < 1.29 is 32.9 Å². The topological polar surface area (TPSA) is 66.8 Å². The summed E-state index contributed by atoms with van der Waals surface area (Å²) >= 11 is 0. The van der Waals surface area contributed by atoms with Gasteiger partial charge in [0.25, 0.3) is 0 Å². The zero-order valence-electron chi connectivity index (χ0n) is 10.4. The molecule has 2 N–H and O–H groups in total. The summed E-state index contributed by atoms with van der Waals surface area (Å²) in [6.07, 6.45) is -4.79. The third-order valence-electron chi connectivity index (χ3n) is 2.60. The quantitative estimate of drug-likeness (QED) is 0.901. The first-order valence-electron chi connectivity index (χ1n) is 5.69. The van der Waals surface area contributed by atoms with E-state index in [-0.39, 0.29) is 5.75 Å². The van der Waals surface area contributed by atoms with Crippen molar-refractivity contribution in [3.05, 3.63) is 53.6 Å². The molecule has 110 valence electrons. The number of hydrogen-bond acceptors (Lipinski definition) is 3. The van der Waals surface area contributed by atoms with Crippen LogP contribution in [-0.2, 0) is 6.18 Å². The van der Waals surface area contributed by atoms with Crippen LogP contribution in [0.15, 0.2) is 42.5 Å². The average molecular weight is 298 g/mol. The number of halogens is 3. The van der Waals surface area contributed by atoms with E-state index >= 15 is 0 Å². The minimum atomic E-state index is -4.79. The molecule has 0 bridgehead atoms. The number of para-hydroxylation sites is 1. The van der Waals surface area contributed by atoms with Crippen LogP contribution in [0.4, 0.5) is 13.2 Å². The normalized spacial score (nSPS) is 11.2. The Hall–Kier alpha value is -2.70. The molecular formula is C14H9F3O4. The number of phenols is 1. The van der Waals surface area contributed by atoms with Crippen molar-refractivity contribution in [2.45, 2.75) is 6.18 Å². The van der Waals surface area contributed by atoms with E-state index in [1.165, 1.54) is 12.1 Å². The van der Waals surface area contributed by atoms with Crippen molar-refractivity contribution in [1.29, 1.82) is 0 Å². The number of carbonyl (C=O) groups is 1. The van der Waals surface area contributed by atoms with E-state index in [0.717, 1.165) is 0 Å². The molecule has 7 heteroatoms. The molecule has 2 rings (SSSR count). The Bertz CT molecular complexity index is 666. The van der Waals surface area contributed by atoms with E-state index in [1.54, 1.807) is 18.2 Å². The Morgan fingerprint density at radius 2 is 1.71 bits per heavy atom. The molecular weight excluding hydrogens is 289 g/mol. The van der Waals surface area contributed by atoms with Gasteiger partial charge in [-0.05, 0) is 24.3 Å². The number of rotatable bonds is 3. The van der Waals surface area contributed by atoms with Crippen molar-refractivity contribution in [1.82, 2.24) is 0 Å². The minimum absolute atomic E-state index is 0.116. The van der Waals surface area contributed by atoms with Crippen molar-refractivity contribution >= 4 is 5.97 Å². The van der Waals surface area contributed by atoms with Crippen LogP contribution in [0.5, 0.6) is 17.2 Å². The zero-order valence-corrected chi connectivity index (χ0v) is 10.4. The molecule has 0 radical (unpaired) electrons. The second kappa shape index (κ2) is 5.35. The summed E-state index contributed by atoms with van der Waals surface area (Å²) in [5.41, 5.74) is -1.93. The van der Waals surface area contributed by atoms with Gasteiger partial charge in [-0.2, -0.15) is 13.2 Å². The fourth-order valence-corrected chi connectivity index (χ4v) is 1.66. The third kappa shape index (κ3) is 3.25. The molecule has 0 saturated heterocycles. The molecule has 0 spiro atoms. The molecule has 0 atom stereocenters. The molecule has 21 heavy (non-hydrogen) atoms. The predicted octanol–water partition coefficient (Wildman–Crippen LogP) is 3.90. The van der Waals surface area contributed by atoms with Gasteiger partial charge >= 0.3 is 12.1 Å². The van der Waals surface area contributed by atoms with Gasteiger partial charge in [-0.25, -0.2) is 4.79 Å². The Kier molecular flexibility index (Phi) is 3.75. The highest BCUT2D eigenvalue weighted by Crippen LogP contribution is 2.41. The van der Waals surface area contributed by atoms with Gasteiger partial charge in [0.2, 0.25) is 0 Å². The Morgan fingerprint density at radius 1 is 1.10 bits per heavy atom. The van der Waals surface area contributed by atoms with Gasteiger partial charge in [-0.3, -0.25) is 0 Å². The summed E-state index contributed by atoms with van der Waals surface area (Å²) < 4.78 is 43.9.